The van der Waals surface area contributed by atoms with E-state index in [1.807, 2.05) is 0 Å². The van der Waals surface area contributed by atoms with E-state index in [1.54, 1.807) is 4.90 Å². The second kappa shape index (κ2) is 9.75. The Balaban J connectivity index is 1.46. The van der Waals surface area contributed by atoms with Crippen LogP contribution in [-0.2, 0) is 19.6 Å². The third kappa shape index (κ3) is 6.02. The van der Waals surface area contributed by atoms with Crippen LogP contribution in [0.2, 0.25) is 0 Å². The summed E-state index contributed by atoms with van der Waals surface area (Å²) in [7, 11) is -3.80. The number of ether oxygens (including phenoxy) is 1. The molecule has 2 aromatic rings. The Morgan fingerprint density at radius 3 is 2.41 bits per heavy atom. The van der Waals surface area contributed by atoms with E-state index in [4.69, 9.17) is 9.88 Å². The van der Waals surface area contributed by atoms with Gasteiger partial charge in [0.2, 0.25) is 15.9 Å². The molecule has 12 heteroatoms. The van der Waals surface area contributed by atoms with Crippen LogP contribution < -0.4 is 15.2 Å². The number of amides is 2. The fourth-order valence-corrected chi connectivity index (χ4v) is 3.80. The van der Waals surface area contributed by atoms with E-state index >= 15 is 0 Å². The number of carbonyl (C=O) groups excluding carboxylic acids is 2. The van der Waals surface area contributed by atoms with Gasteiger partial charge in [0.1, 0.15) is 5.75 Å². The number of non-ortho nitro benzene ring substituents is 1. The van der Waals surface area contributed by atoms with Crippen molar-refractivity contribution < 1.29 is 27.7 Å². The van der Waals surface area contributed by atoms with Gasteiger partial charge in [0.15, 0.2) is 6.61 Å². The number of nitrogens with two attached hydrogens (primary N) is 1. The highest BCUT2D eigenvalue weighted by molar-refractivity contribution is 7.89. The van der Waals surface area contributed by atoms with Crippen LogP contribution in [0.15, 0.2) is 53.4 Å². The fourth-order valence-electron chi connectivity index (χ4n) is 3.29. The quantitative estimate of drug-likeness (QED) is 0.465. The first-order chi connectivity index (χ1) is 15.1. The predicted molar refractivity (Wildman–Crippen MR) is 114 cm³/mol. The maximum absolute atomic E-state index is 12.5. The van der Waals surface area contributed by atoms with Crippen LogP contribution in [0.3, 0.4) is 0 Å². The van der Waals surface area contributed by atoms with Gasteiger partial charge in [0.25, 0.3) is 11.6 Å². The molecular formula is C20H22N4O7S. The predicted octanol–water partition coefficient (Wildman–Crippen LogP) is 1.50. The highest BCUT2D eigenvalue weighted by atomic mass is 32.2. The molecule has 2 aromatic carbocycles. The van der Waals surface area contributed by atoms with Crippen molar-refractivity contribution in [1.82, 2.24) is 4.90 Å². The van der Waals surface area contributed by atoms with Crippen molar-refractivity contribution >= 4 is 33.2 Å². The molecule has 2 amide bonds. The van der Waals surface area contributed by atoms with Crippen molar-refractivity contribution in [1.29, 1.82) is 0 Å². The second-order valence-electron chi connectivity index (χ2n) is 7.26. The zero-order valence-corrected chi connectivity index (χ0v) is 17.8. The lowest BCUT2D eigenvalue weighted by atomic mass is 9.95. The molecule has 3 N–H and O–H groups in total. The van der Waals surface area contributed by atoms with Crippen LogP contribution in [0.25, 0.3) is 0 Å². The molecule has 1 aliphatic rings. The summed E-state index contributed by atoms with van der Waals surface area (Å²) in [5, 5.41) is 18.6. The van der Waals surface area contributed by atoms with Crippen LogP contribution in [-0.4, -0.2) is 49.8 Å². The van der Waals surface area contributed by atoms with Gasteiger partial charge >= 0.3 is 0 Å². The minimum atomic E-state index is -3.80. The van der Waals surface area contributed by atoms with E-state index < -0.39 is 14.9 Å². The standard InChI is InChI=1S/C20H22N4O7S/c21-32(29,30)18-6-4-15(5-7-18)22-20(26)14-8-10-23(11-9-14)19(25)13-31-17-3-1-2-16(12-17)24(27)28/h1-7,12,14H,8-11,13H2,(H,22,26)(H2,21,29,30). The molecule has 32 heavy (non-hydrogen) atoms. The first-order valence-corrected chi connectivity index (χ1v) is 11.3. The van der Waals surface area contributed by atoms with Crippen LogP contribution in [0.5, 0.6) is 5.75 Å². The highest BCUT2D eigenvalue weighted by Crippen LogP contribution is 2.22. The van der Waals surface area contributed by atoms with Crippen LogP contribution in [0.1, 0.15) is 12.8 Å². The molecular weight excluding hydrogens is 440 g/mol. The molecule has 0 aliphatic carbocycles. The number of nitrogens with zero attached hydrogens (tertiary/aromatic N) is 2. The molecule has 0 atom stereocenters. The Kier molecular flexibility index (Phi) is 7.05. The zero-order valence-electron chi connectivity index (χ0n) is 17.0. The maximum atomic E-state index is 12.5. The van der Waals surface area contributed by atoms with E-state index in [2.05, 4.69) is 5.32 Å². The number of hydrogen-bond acceptors (Lipinski definition) is 7. The normalized spacial score (nSPS) is 14.6. The molecule has 0 unspecified atom stereocenters. The Bertz CT molecular complexity index is 1110. The topological polar surface area (TPSA) is 162 Å². The summed E-state index contributed by atoms with van der Waals surface area (Å²) in [5.41, 5.74) is 0.326. The van der Waals surface area contributed by atoms with Crippen molar-refractivity contribution in [2.24, 2.45) is 11.1 Å². The first kappa shape index (κ1) is 23.2. The van der Waals surface area contributed by atoms with Gasteiger partial charge in [-0.25, -0.2) is 13.6 Å². The summed E-state index contributed by atoms with van der Waals surface area (Å²) in [5.74, 6) is -0.549. The number of piperidine rings is 1. The number of benzene rings is 2. The molecule has 3 rings (SSSR count). The summed E-state index contributed by atoms with van der Waals surface area (Å²) in [6.07, 6.45) is 0.924. The van der Waals surface area contributed by atoms with E-state index in [1.165, 1.54) is 48.5 Å². The monoisotopic (exact) mass is 462 g/mol. The van der Waals surface area contributed by atoms with Gasteiger partial charge in [-0.15, -0.1) is 0 Å². The van der Waals surface area contributed by atoms with Crippen molar-refractivity contribution in [3.8, 4) is 5.75 Å². The highest BCUT2D eigenvalue weighted by Gasteiger charge is 2.27. The van der Waals surface area contributed by atoms with E-state index in [-0.39, 0.29) is 40.7 Å². The zero-order chi connectivity index (χ0) is 23.3. The van der Waals surface area contributed by atoms with Crippen LogP contribution >= 0.6 is 0 Å². The number of sulfonamides is 1. The smallest absolute Gasteiger partial charge is 0.273 e. The molecule has 0 spiro atoms. The van der Waals surface area contributed by atoms with Crippen molar-refractivity contribution in [2.75, 3.05) is 25.0 Å². The van der Waals surface area contributed by atoms with Gasteiger partial charge in [0.05, 0.1) is 15.9 Å². The first-order valence-electron chi connectivity index (χ1n) is 9.72. The lowest BCUT2D eigenvalue weighted by Gasteiger charge is -2.31. The summed E-state index contributed by atoms with van der Waals surface area (Å²) in [6, 6.07) is 11.1. The van der Waals surface area contributed by atoms with Crippen molar-refractivity contribution in [2.45, 2.75) is 17.7 Å². The molecule has 0 radical (unpaired) electrons. The molecule has 0 aromatic heterocycles. The van der Waals surface area contributed by atoms with E-state index in [0.717, 1.165) is 0 Å². The third-order valence-electron chi connectivity index (χ3n) is 5.06. The number of carbonyl (C=O) groups is 2. The van der Waals surface area contributed by atoms with Gasteiger partial charge in [-0.3, -0.25) is 19.7 Å². The fraction of sp³-hybridized carbons (Fsp3) is 0.300. The number of hydrogen-bond donors (Lipinski definition) is 2. The lowest BCUT2D eigenvalue weighted by Crippen LogP contribution is -2.43. The summed E-state index contributed by atoms with van der Waals surface area (Å²) in [4.78, 5) is 36.7. The van der Waals surface area contributed by atoms with E-state index in [9.17, 15) is 28.1 Å². The number of nitro groups is 1. The molecule has 0 bridgehead atoms. The molecule has 1 saturated heterocycles. The molecule has 170 valence electrons. The molecule has 1 heterocycles. The molecule has 1 aliphatic heterocycles. The van der Waals surface area contributed by atoms with Crippen LogP contribution in [0, 0.1) is 16.0 Å². The number of anilines is 1. The average Bonchev–Trinajstić information content (AvgIpc) is 2.77. The number of likely N-dealkylation sites (tertiary alicyclic amines) is 1. The number of nitro benzene ring substituents is 1. The molecule has 0 saturated carbocycles. The Morgan fingerprint density at radius 2 is 1.81 bits per heavy atom. The SMILES string of the molecule is NS(=O)(=O)c1ccc(NC(=O)C2CCN(C(=O)COc3cccc([N+](=O)[O-])c3)CC2)cc1. The van der Waals surface area contributed by atoms with Crippen molar-refractivity contribution in [3.05, 3.63) is 58.6 Å². The van der Waals surface area contributed by atoms with Gasteiger partial charge in [-0.05, 0) is 43.2 Å². The van der Waals surface area contributed by atoms with Gasteiger partial charge in [-0.1, -0.05) is 6.07 Å². The largest absolute Gasteiger partial charge is 0.484 e. The maximum Gasteiger partial charge on any atom is 0.273 e. The minimum absolute atomic E-state index is 0.0466. The summed E-state index contributed by atoms with van der Waals surface area (Å²) < 4.78 is 28.0. The minimum Gasteiger partial charge on any atom is -0.484 e. The van der Waals surface area contributed by atoms with E-state index in [0.29, 0.717) is 31.6 Å². The lowest BCUT2D eigenvalue weighted by molar-refractivity contribution is -0.384. The van der Waals surface area contributed by atoms with Gasteiger partial charge in [-0.2, -0.15) is 0 Å². The Hall–Kier alpha value is -3.51. The average molecular weight is 462 g/mol. The van der Waals surface area contributed by atoms with Crippen molar-refractivity contribution in [3.63, 3.8) is 0 Å². The number of nitrogens with one attached hydrogen (secondary N) is 1. The third-order valence-corrected chi connectivity index (χ3v) is 5.99. The van der Waals surface area contributed by atoms with Gasteiger partial charge < -0.3 is 15.0 Å². The molecule has 1 fully saturated rings. The summed E-state index contributed by atoms with van der Waals surface area (Å²) >= 11 is 0. The number of rotatable bonds is 7. The van der Waals surface area contributed by atoms with Crippen LogP contribution in [0.4, 0.5) is 11.4 Å². The molecule has 11 nitrogen and oxygen atoms in total. The summed E-state index contributed by atoms with van der Waals surface area (Å²) in [6.45, 7) is 0.494. The number of primary sulfonamides is 1. The van der Waals surface area contributed by atoms with Gasteiger partial charge in [0, 0.05) is 30.8 Å². The second-order valence-corrected chi connectivity index (χ2v) is 8.82. The Morgan fingerprint density at radius 1 is 1.16 bits per heavy atom. The Labute approximate surface area is 184 Å².